The van der Waals surface area contributed by atoms with Gasteiger partial charge in [-0.3, -0.25) is 4.79 Å². The molecule has 3 aromatic rings. The van der Waals surface area contributed by atoms with Crippen LogP contribution in [-0.2, 0) is 0 Å². The average Bonchev–Trinajstić information content (AvgIpc) is 2.79. The van der Waals surface area contributed by atoms with Gasteiger partial charge in [0.2, 0.25) is 0 Å². The summed E-state index contributed by atoms with van der Waals surface area (Å²) in [5, 5.41) is 3.66. The Hall–Kier alpha value is -2.75. The molecule has 0 aliphatic heterocycles. The van der Waals surface area contributed by atoms with Crippen molar-refractivity contribution in [3.05, 3.63) is 59.4 Å². The summed E-state index contributed by atoms with van der Waals surface area (Å²) in [5.74, 6) is -0.410. The van der Waals surface area contributed by atoms with E-state index in [1.54, 1.807) is 19.2 Å². The monoisotopic (exact) mass is 278 g/mol. The van der Waals surface area contributed by atoms with E-state index in [1.165, 1.54) is 12.1 Å². The van der Waals surface area contributed by atoms with E-state index in [0.717, 1.165) is 5.56 Å². The minimum absolute atomic E-state index is 0.0661. The number of halogens is 1. The van der Waals surface area contributed by atoms with E-state index in [2.05, 4.69) is 10.3 Å². The van der Waals surface area contributed by atoms with Crippen LogP contribution in [-0.4, -0.2) is 17.8 Å². The van der Waals surface area contributed by atoms with Crippen molar-refractivity contribution in [2.75, 3.05) is 12.4 Å². The van der Waals surface area contributed by atoms with Crippen LogP contribution in [0.1, 0.15) is 15.9 Å². The van der Waals surface area contributed by atoms with E-state index in [-0.39, 0.29) is 11.6 Å². The lowest BCUT2D eigenvalue weighted by Crippen LogP contribution is -2.03. The van der Waals surface area contributed by atoms with Gasteiger partial charge in [-0.05, 0) is 18.2 Å². The molecule has 0 radical (unpaired) electrons. The number of aromatic nitrogens is 1. The Bertz CT molecular complexity index is 918. The smallest absolute Gasteiger partial charge is 0.198 e. The number of nitrogens with zero attached hydrogens (tertiary/aromatic N) is 1. The van der Waals surface area contributed by atoms with Crippen molar-refractivity contribution in [1.29, 1.82) is 0 Å². The molecule has 0 unspecified atom stereocenters. The third kappa shape index (κ3) is 1.53. The van der Waals surface area contributed by atoms with E-state index in [9.17, 15) is 9.18 Å². The topological polar surface area (TPSA) is 42.0 Å². The largest absolute Gasteiger partial charge is 0.387 e. The Balaban J connectivity index is 2.17. The van der Waals surface area contributed by atoms with Crippen molar-refractivity contribution >= 4 is 22.4 Å². The second kappa shape index (κ2) is 4.12. The van der Waals surface area contributed by atoms with Gasteiger partial charge in [-0.1, -0.05) is 24.3 Å². The third-order valence-corrected chi connectivity index (χ3v) is 3.85. The Kier molecular flexibility index (Phi) is 2.36. The molecule has 0 saturated heterocycles. The summed E-state index contributed by atoms with van der Waals surface area (Å²) in [6.07, 6.45) is 0. The first-order valence-corrected chi connectivity index (χ1v) is 6.66. The molecule has 0 bridgehead atoms. The molecule has 4 heteroatoms. The number of hydrogen-bond acceptors (Lipinski definition) is 3. The first-order chi connectivity index (χ1) is 10.2. The number of benzene rings is 2. The maximum absolute atomic E-state index is 13.5. The highest BCUT2D eigenvalue weighted by Crippen LogP contribution is 2.41. The van der Waals surface area contributed by atoms with Crippen LogP contribution >= 0.6 is 0 Å². The molecular weight excluding hydrogens is 267 g/mol. The molecule has 0 atom stereocenters. The summed E-state index contributed by atoms with van der Waals surface area (Å²) in [7, 11) is 1.73. The number of pyridine rings is 1. The molecule has 0 saturated carbocycles. The number of ketones is 1. The summed E-state index contributed by atoms with van der Waals surface area (Å²) >= 11 is 0. The van der Waals surface area contributed by atoms with Gasteiger partial charge in [0, 0.05) is 23.6 Å². The van der Waals surface area contributed by atoms with E-state index in [4.69, 9.17) is 0 Å². The fourth-order valence-corrected chi connectivity index (χ4v) is 2.93. The molecule has 3 nitrogen and oxygen atoms in total. The van der Waals surface area contributed by atoms with Gasteiger partial charge in [0.1, 0.15) is 5.82 Å². The molecule has 0 fully saturated rings. The van der Waals surface area contributed by atoms with Gasteiger partial charge in [0.05, 0.1) is 22.5 Å². The van der Waals surface area contributed by atoms with Crippen LogP contribution in [0.2, 0.25) is 0 Å². The lowest BCUT2D eigenvalue weighted by Gasteiger charge is -2.11. The van der Waals surface area contributed by atoms with Gasteiger partial charge >= 0.3 is 0 Å². The third-order valence-electron chi connectivity index (χ3n) is 3.85. The van der Waals surface area contributed by atoms with Crippen LogP contribution in [0.5, 0.6) is 0 Å². The van der Waals surface area contributed by atoms with E-state index in [1.807, 2.05) is 18.2 Å². The Morgan fingerprint density at radius 1 is 1.10 bits per heavy atom. The highest BCUT2D eigenvalue weighted by Gasteiger charge is 2.31. The van der Waals surface area contributed by atoms with Crippen LogP contribution in [0, 0.1) is 5.82 Å². The number of carbonyl (C=O) groups excluding carboxylic acids is 1. The van der Waals surface area contributed by atoms with Gasteiger partial charge in [-0.2, -0.15) is 0 Å². The molecule has 2 aromatic carbocycles. The van der Waals surface area contributed by atoms with Gasteiger partial charge in [-0.25, -0.2) is 9.37 Å². The summed E-state index contributed by atoms with van der Waals surface area (Å²) in [6, 6.07) is 11.8. The molecule has 1 heterocycles. The molecule has 21 heavy (non-hydrogen) atoms. The Morgan fingerprint density at radius 2 is 1.86 bits per heavy atom. The van der Waals surface area contributed by atoms with Crippen LogP contribution in [0.25, 0.3) is 22.2 Å². The molecule has 1 N–H and O–H groups in total. The van der Waals surface area contributed by atoms with E-state index < -0.39 is 0 Å². The number of anilines is 1. The zero-order valence-electron chi connectivity index (χ0n) is 11.3. The fourth-order valence-electron chi connectivity index (χ4n) is 2.93. The summed E-state index contributed by atoms with van der Waals surface area (Å²) in [6.45, 7) is 0. The highest BCUT2D eigenvalue weighted by molar-refractivity contribution is 6.26. The standard InChI is InChI=1S/C17H11FN2O/c1-19-15-12-8-9(18)6-7-13(12)20-16-10-4-2-3-5-11(10)17(21)14(15)16/h2-8H,1H3,(H,19,20). The number of hydrogen-bond donors (Lipinski definition) is 1. The average molecular weight is 278 g/mol. The van der Waals surface area contributed by atoms with Gasteiger partial charge in [0.25, 0.3) is 0 Å². The summed E-state index contributed by atoms with van der Waals surface area (Å²) in [4.78, 5) is 17.2. The zero-order chi connectivity index (χ0) is 14.6. The highest BCUT2D eigenvalue weighted by atomic mass is 19.1. The number of carbonyl (C=O) groups is 1. The van der Waals surface area contributed by atoms with Crippen molar-refractivity contribution in [3.63, 3.8) is 0 Å². The SMILES string of the molecule is CNc1c2c(nc3ccc(F)cc13)-c1ccccc1C2=O. The van der Waals surface area contributed by atoms with Crippen LogP contribution in [0.15, 0.2) is 42.5 Å². The van der Waals surface area contributed by atoms with E-state index in [0.29, 0.717) is 33.4 Å². The normalized spacial score (nSPS) is 12.4. The van der Waals surface area contributed by atoms with Crippen molar-refractivity contribution in [1.82, 2.24) is 4.98 Å². The molecule has 1 aromatic heterocycles. The number of nitrogens with one attached hydrogen (secondary N) is 1. The minimum atomic E-state index is -0.344. The Labute approximate surface area is 120 Å². The maximum atomic E-state index is 13.5. The van der Waals surface area contributed by atoms with Crippen LogP contribution < -0.4 is 5.32 Å². The molecule has 4 rings (SSSR count). The zero-order valence-corrected chi connectivity index (χ0v) is 11.3. The van der Waals surface area contributed by atoms with Crippen molar-refractivity contribution in [2.45, 2.75) is 0 Å². The lowest BCUT2D eigenvalue weighted by molar-refractivity contribution is 0.104. The summed E-state index contributed by atoms with van der Waals surface area (Å²) in [5.41, 5.74) is 3.98. The Morgan fingerprint density at radius 3 is 2.62 bits per heavy atom. The quantitative estimate of drug-likeness (QED) is 0.578. The van der Waals surface area contributed by atoms with Gasteiger partial charge < -0.3 is 5.32 Å². The predicted octanol–water partition coefficient (Wildman–Crippen LogP) is 3.63. The molecule has 102 valence electrons. The predicted molar refractivity (Wildman–Crippen MR) is 80.1 cm³/mol. The van der Waals surface area contributed by atoms with Crippen molar-refractivity contribution in [2.24, 2.45) is 0 Å². The molecule has 0 amide bonds. The molecular formula is C17H11FN2O. The van der Waals surface area contributed by atoms with Crippen molar-refractivity contribution < 1.29 is 9.18 Å². The summed E-state index contributed by atoms with van der Waals surface area (Å²) < 4.78 is 13.5. The van der Waals surface area contributed by atoms with Crippen molar-refractivity contribution in [3.8, 4) is 11.3 Å². The van der Waals surface area contributed by atoms with Gasteiger partial charge in [-0.15, -0.1) is 0 Å². The molecule has 1 aliphatic carbocycles. The van der Waals surface area contributed by atoms with Gasteiger partial charge in [0.15, 0.2) is 5.78 Å². The number of rotatable bonds is 1. The first kappa shape index (κ1) is 12.0. The van der Waals surface area contributed by atoms with E-state index >= 15 is 0 Å². The lowest BCUT2D eigenvalue weighted by atomic mass is 10.0. The second-order valence-electron chi connectivity index (χ2n) is 5.00. The molecule has 0 spiro atoms. The maximum Gasteiger partial charge on any atom is 0.198 e. The van der Waals surface area contributed by atoms with Crippen LogP contribution in [0.3, 0.4) is 0 Å². The fraction of sp³-hybridized carbons (Fsp3) is 0.0588. The number of fused-ring (bicyclic) bond motifs is 4. The second-order valence-corrected chi connectivity index (χ2v) is 5.00. The van der Waals surface area contributed by atoms with Crippen LogP contribution in [0.4, 0.5) is 10.1 Å². The first-order valence-electron chi connectivity index (χ1n) is 6.66. The minimum Gasteiger partial charge on any atom is -0.387 e. The molecule has 1 aliphatic rings.